The van der Waals surface area contributed by atoms with Crippen LogP contribution in [0.2, 0.25) is 0 Å². The van der Waals surface area contributed by atoms with E-state index in [1.165, 1.54) is 4.68 Å². The molecule has 1 aromatic heterocycles. The quantitative estimate of drug-likeness (QED) is 0.758. The highest BCUT2D eigenvalue weighted by atomic mass is 19.4. The molecule has 0 radical (unpaired) electrons. The number of hydrogen-bond acceptors (Lipinski definition) is 2. The largest absolute Gasteiger partial charge is 0.419 e. The van der Waals surface area contributed by atoms with Crippen molar-refractivity contribution in [3.63, 3.8) is 0 Å². The average Bonchev–Trinajstić information content (AvgIpc) is 2.52. The van der Waals surface area contributed by atoms with Gasteiger partial charge in [-0.15, -0.1) is 0 Å². The minimum atomic E-state index is -4.30. The van der Waals surface area contributed by atoms with Crippen LogP contribution in [0.15, 0.2) is 12.4 Å². The summed E-state index contributed by atoms with van der Waals surface area (Å²) in [5.74, 6) is 0. The molecule has 80 valence electrons. The summed E-state index contributed by atoms with van der Waals surface area (Å²) >= 11 is 0. The zero-order valence-electron chi connectivity index (χ0n) is 7.80. The topological polar surface area (TPSA) is 29.9 Å². The lowest BCUT2D eigenvalue weighted by Crippen LogP contribution is -2.19. The van der Waals surface area contributed by atoms with Crippen LogP contribution in [0, 0.1) is 0 Å². The van der Waals surface area contributed by atoms with E-state index in [0.29, 0.717) is 13.1 Å². The third kappa shape index (κ3) is 3.02. The van der Waals surface area contributed by atoms with Crippen molar-refractivity contribution in [3.8, 4) is 0 Å². The molecule has 1 rings (SSSR count). The molecule has 3 nitrogen and oxygen atoms in total. The van der Waals surface area contributed by atoms with Crippen LogP contribution >= 0.6 is 0 Å². The van der Waals surface area contributed by atoms with Gasteiger partial charge in [-0.25, -0.2) is 0 Å². The van der Waals surface area contributed by atoms with Crippen molar-refractivity contribution in [2.45, 2.75) is 19.6 Å². The monoisotopic (exact) mass is 207 g/mol. The van der Waals surface area contributed by atoms with E-state index in [4.69, 9.17) is 0 Å². The number of nitrogens with zero attached hydrogens (tertiary/aromatic N) is 2. The maximum atomic E-state index is 12.1. The number of nitrogens with one attached hydrogen (secondary N) is 1. The second-order valence-electron chi connectivity index (χ2n) is 2.84. The third-order valence-electron chi connectivity index (χ3n) is 1.73. The summed E-state index contributed by atoms with van der Waals surface area (Å²) in [6, 6.07) is 0. The summed E-state index contributed by atoms with van der Waals surface area (Å²) in [4.78, 5) is 0. The van der Waals surface area contributed by atoms with E-state index in [-0.39, 0.29) is 0 Å². The van der Waals surface area contributed by atoms with Crippen LogP contribution in [-0.2, 0) is 12.7 Å². The van der Waals surface area contributed by atoms with Crippen molar-refractivity contribution in [2.24, 2.45) is 0 Å². The van der Waals surface area contributed by atoms with Crippen molar-refractivity contribution in [3.05, 3.63) is 18.0 Å². The molecule has 0 saturated heterocycles. The van der Waals surface area contributed by atoms with Gasteiger partial charge in [0.25, 0.3) is 0 Å². The van der Waals surface area contributed by atoms with E-state index < -0.39 is 11.7 Å². The van der Waals surface area contributed by atoms with Crippen LogP contribution in [0.5, 0.6) is 0 Å². The molecule has 0 aliphatic heterocycles. The van der Waals surface area contributed by atoms with Crippen molar-refractivity contribution < 1.29 is 13.2 Å². The normalized spacial score (nSPS) is 12.0. The molecule has 6 heteroatoms. The fraction of sp³-hybridized carbons (Fsp3) is 0.625. The van der Waals surface area contributed by atoms with Crippen LogP contribution in [0.25, 0.3) is 0 Å². The number of rotatable bonds is 4. The van der Waals surface area contributed by atoms with E-state index >= 15 is 0 Å². The standard InChI is InChI=1S/C8H12F3N3/c1-2-12-3-4-14-6-7(5-13-14)8(9,10)11/h5-6,12H,2-4H2,1H3. The van der Waals surface area contributed by atoms with Gasteiger partial charge in [-0.3, -0.25) is 4.68 Å². The minimum absolute atomic E-state index is 0.448. The van der Waals surface area contributed by atoms with Crippen LogP contribution in [0.4, 0.5) is 13.2 Å². The fourth-order valence-electron chi connectivity index (χ4n) is 1.00. The lowest BCUT2D eigenvalue weighted by molar-refractivity contribution is -0.137. The predicted octanol–water partition coefficient (Wildman–Crippen LogP) is 1.51. The Bertz CT molecular complexity index is 280. The fourth-order valence-corrected chi connectivity index (χ4v) is 1.00. The van der Waals surface area contributed by atoms with E-state index in [1.807, 2.05) is 6.92 Å². The molecule has 0 bridgehead atoms. The second-order valence-corrected chi connectivity index (χ2v) is 2.84. The van der Waals surface area contributed by atoms with Gasteiger partial charge in [-0.05, 0) is 6.54 Å². The van der Waals surface area contributed by atoms with Crippen LogP contribution < -0.4 is 5.32 Å². The summed E-state index contributed by atoms with van der Waals surface area (Å²) in [6.07, 6.45) is -2.44. The Labute approximate surface area is 79.9 Å². The lowest BCUT2D eigenvalue weighted by Gasteiger charge is -2.02. The molecule has 0 saturated carbocycles. The lowest BCUT2D eigenvalue weighted by atomic mass is 10.4. The Hall–Kier alpha value is -1.04. The number of alkyl halides is 3. The van der Waals surface area contributed by atoms with Gasteiger partial charge in [-0.2, -0.15) is 18.3 Å². The number of halogens is 3. The summed E-state index contributed by atoms with van der Waals surface area (Å²) in [6.45, 7) is 3.80. The van der Waals surface area contributed by atoms with E-state index in [9.17, 15) is 13.2 Å². The van der Waals surface area contributed by atoms with Crippen molar-refractivity contribution in [1.82, 2.24) is 15.1 Å². The summed E-state index contributed by atoms with van der Waals surface area (Å²) in [7, 11) is 0. The van der Waals surface area contributed by atoms with Gasteiger partial charge >= 0.3 is 6.18 Å². The molecule has 0 aliphatic rings. The predicted molar refractivity (Wildman–Crippen MR) is 45.8 cm³/mol. The molecule has 0 amide bonds. The highest BCUT2D eigenvalue weighted by Crippen LogP contribution is 2.28. The maximum Gasteiger partial charge on any atom is 0.419 e. The zero-order chi connectivity index (χ0) is 10.6. The molecule has 0 fully saturated rings. The average molecular weight is 207 g/mol. The Balaban J connectivity index is 2.51. The van der Waals surface area contributed by atoms with Gasteiger partial charge in [0, 0.05) is 12.7 Å². The molecule has 0 aromatic carbocycles. The second kappa shape index (κ2) is 4.45. The van der Waals surface area contributed by atoms with E-state index in [2.05, 4.69) is 10.4 Å². The summed E-state index contributed by atoms with van der Waals surface area (Å²) in [5.41, 5.74) is -0.700. The van der Waals surface area contributed by atoms with Crippen molar-refractivity contribution in [2.75, 3.05) is 13.1 Å². The zero-order valence-corrected chi connectivity index (χ0v) is 7.80. The molecule has 0 spiro atoms. The molecule has 14 heavy (non-hydrogen) atoms. The van der Waals surface area contributed by atoms with Crippen LogP contribution in [-0.4, -0.2) is 22.9 Å². The highest BCUT2D eigenvalue weighted by molar-refractivity contribution is 5.08. The van der Waals surface area contributed by atoms with Crippen molar-refractivity contribution in [1.29, 1.82) is 0 Å². The molecule has 1 heterocycles. The van der Waals surface area contributed by atoms with Crippen LogP contribution in [0.1, 0.15) is 12.5 Å². The Morgan fingerprint density at radius 2 is 2.21 bits per heavy atom. The first-order valence-corrected chi connectivity index (χ1v) is 4.34. The SMILES string of the molecule is CCNCCn1cc(C(F)(F)F)cn1. The highest BCUT2D eigenvalue weighted by Gasteiger charge is 2.31. The molecular weight excluding hydrogens is 195 g/mol. The number of likely N-dealkylation sites (N-methyl/N-ethyl adjacent to an activating group) is 1. The Morgan fingerprint density at radius 1 is 1.50 bits per heavy atom. The first-order chi connectivity index (χ1) is 6.54. The molecule has 1 aromatic rings. The van der Waals surface area contributed by atoms with Gasteiger partial charge in [0.1, 0.15) is 0 Å². The van der Waals surface area contributed by atoms with Gasteiger partial charge in [0.05, 0.1) is 18.3 Å². The molecule has 0 aliphatic carbocycles. The Morgan fingerprint density at radius 3 is 2.71 bits per heavy atom. The van der Waals surface area contributed by atoms with Gasteiger partial charge < -0.3 is 5.32 Å². The summed E-state index contributed by atoms with van der Waals surface area (Å²) in [5, 5.41) is 6.61. The van der Waals surface area contributed by atoms with Crippen LogP contribution in [0.3, 0.4) is 0 Å². The van der Waals surface area contributed by atoms with Gasteiger partial charge in [0.2, 0.25) is 0 Å². The van der Waals surface area contributed by atoms with E-state index in [1.54, 1.807) is 0 Å². The smallest absolute Gasteiger partial charge is 0.315 e. The summed E-state index contributed by atoms with van der Waals surface area (Å²) < 4.78 is 37.6. The maximum absolute atomic E-state index is 12.1. The molecule has 0 atom stereocenters. The minimum Gasteiger partial charge on any atom is -0.315 e. The van der Waals surface area contributed by atoms with Gasteiger partial charge in [-0.1, -0.05) is 6.92 Å². The molecular formula is C8H12F3N3. The molecule has 1 N–H and O–H groups in total. The first kappa shape index (κ1) is 11.0. The third-order valence-corrected chi connectivity index (χ3v) is 1.73. The van der Waals surface area contributed by atoms with E-state index in [0.717, 1.165) is 18.9 Å². The molecule has 0 unspecified atom stereocenters. The van der Waals surface area contributed by atoms with Gasteiger partial charge in [0.15, 0.2) is 0 Å². The Kier molecular flexibility index (Phi) is 3.51. The number of hydrogen-bond donors (Lipinski definition) is 1. The first-order valence-electron chi connectivity index (χ1n) is 4.34. The number of aromatic nitrogens is 2. The van der Waals surface area contributed by atoms with Crippen molar-refractivity contribution >= 4 is 0 Å².